The first-order valence-electron chi connectivity index (χ1n) is 11.6. The number of hydrogen-bond donors (Lipinski definition) is 0. The fourth-order valence-corrected chi connectivity index (χ4v) is 4.65. The maximum atomic E-state index is 14.8. The van der Waals surface area contributed by atoms with Crippen molar-refractivity contribution in [3.05, 3.63) is 70.4 Å². The lowest BCUT2D eigenvalue weighted by Gasteiger charge is -2.37. The molecule has 1 aliphatic heterocycles. The minimum absolute atomic E-state index is 0.108. The number of benzene rings is 1. The van der Waals surface area contributed by atoms with E-state index in [9.17, 15) is 13.6 Å². The van der Waals surface area contributed by atoms with E-state index in [1.165, 1.54) is 23.0 Å². The van der Waals surface area contributed by atoms with Gasteiger partial charge in [0, 0.05) is 42.4 Å². The summed E-state index contributed by atoms with van der Waals surface area (Å²) in [5.41, 5.74) is 1.02. The van der Waals surface area contributed by atoms with Crippen molar-refractivity contribution in [1.82, 2.24) is 24.5 Å². The summed E-state index contributed by atoms with van der Waals surface area (Å²) in [5.74, 6) is -0.913. The molecule has 2 fully saturated rings. The van der Waals surface area contributed by atoms with E-state index in [2.05, 4.69) is 10.2 Å². The Morgan fingerprint density at radius 3 is 2.66 bits per heavy atom. The van der Waals surface area contributed by atoms with Crippen LogP contribution in [0.3, 0.4) is 0 Å². The van der Waals surface area contributed by atoms with Crippen molar-refractivity contribution in [2.45, 2.75) is 38.0 Å². The lowest BCUT2D eigenvalue weighted by molar-refractivity contribution is -0.0176. The molecule has 0 unspecified atom stereocenters. The molecule has 3 aromatic heterocycles. The number of pyridine rings is 1. The second-order valence-electron chi connectivity index (χ2n) is 9.31. The predicted octanol–water partition coefficient (Wildman–Crippen LogP) is 3.77. The zero-order valence-electron chi connectivity index (χ0n) is 19.4. The molecule has 180 valence electrons. The summed E-state index contributed by atoms with van der Waals surface area (Å²) < 4.78 is 37.9. The number of anilines is 1. The number of hydrogen-bond acceptors (Lipinski definition) is 6. The van der Waals surface area contributed by atoms with Crippen LogP contribution in [0.25, 0.3) is 22.0 Å². The van der Waals surface area contributed by atoms with Gasteiger partial charge in [0.15, 0.2) is 0 Å². The van der Waals surface area contributed by atoms with Gasteiger partial charge in [0.25, 0.3) is 5.56 Å². The van der Waals surface area contributed by atoms with Crippen LogP contribution >= 0.6 is 0 Å². The minimum atomic E-state index is -0.752. The molecule has 2 atom stereocenters. The molecule has 1 aliphatic carbocycles. The Labute approximate surface area is 199 Å². The van der Waals surface area contributed by atoms with Gasteiger partial charge in [0.2, 0.25) is 0 Å². The van der Waals surface area contributed by atoms with Gasteiger partial charge < -0.3 is 9.64 Å². The third kappa shape index (κ3) is 3.97. The Bertz CT molecular complexity index is 1500. The Balaban J connectivity index is 1.45. The van der Waals surface area contributed by atoms with Gasteiger partial charge in [-0.25, -0.2) is 18.4 Å². The summed E-state index contributed by atoms with van der Waals surface area (Å²) in [6.07, 6.45) is 7.31. The molecule has 0 spiro atoms. The van der Waals surface area contributed by atoms with Gasteiger partial charge in [0.1, 0.15) is 23.6 Å². The van der Waals surface area contributed by atoms with Gasteiger partial charge in [-0.05, 0) is 38.0 Å². The monoisotopic (exact) mass is 478 g/mol. The van der Waals surface area contributed by atoms with Gasteiger partial charge in [-0.3, -0.25) is 9.48 Å². The molecular formula is C25H24F2N6O2. The first-order chi connectivity index (χ1) is 16.9. The Kier molecular flexibility index (Phi) is 5.14. The van der Waals surface area contributed by atoms with Crippen molar-refractivity contribution in [2.24, 2.45) is 7.05 Å². The van der Waals surface area contributed by atoms with E-state index >= 15 is 0 Å². The molecule has 0 radical (unpaired) electrons. The van der Waals surface area contributed by atoms with Gasteiger partial charge >= 0.3 is 0 Å². The van der Waals surface area contributed by atoms with Crippen molar-refractivity contribution in [3.63, 3.8) is 0 Å². The molecule has 6 rings (SSSR count). The quantitative estimate of drug-likeness (QED) is 0.444. The van der Waals surface area contributed by atoms with Crippen LogP contribution in [0.15, 0.2) is 47.7 Å². The number of ether oxygens (including phenoxy) is 1. The standard InChI is InChI=1S/C25H24F2N6O2/c1-14-11-32(13-22(35-14)15-9-29-33(12-15)17-4-5-17)23-8-19-20(10-28-31(2)25(19)34)24(30-23)18-6-3-16(26)7-21(18)27/h3,6-10,12,14,17,22H,4-5,11,13H2,1-2H3/t14-,22+/m0/s1. The highest BCUT2D eigenvalue weighted by atomic mass is 19.1. The third-order valence-electron chi connectivity index (χ3n) is 6.61. The molecule has 8 nitrogen and oxygen atoms in total. The minimum Gasteiger partial charge on any atom is -0.367 e. The number of fused-ring (bicyclic) bond motifs is 1. The fourth-order valence-electron chi connectivity index (χ4n) is 4.65. The van der Waals surface area contributed by atoms with E-state index in [1.807, 2.05) is 28.9 Å². The maximum Gasteiger partial charge on any atom is 0.274 e. The number of morpholine rings is 1. The van der Waals surface area contributed by atoms with Gasteiger partial charge in [-0.2, -0.15) is 10.2 Å². The maximum absolute atomic E-state index is 14.8. The summed E-state index contributed by atoms with van der Waals surface area (Å²) in [6.45, 7) is 3.02. The van der Waals surface area contributed by atoms with Gasteiger partial charge in [0.05, 0.1) is 42.2 Å². The van der Waals surface area contributed by atoms with Gasteiger partial charge in [-0.15, -0.1) is 0 Å². The molecule has 0 bridgehead atoms. The summed E-state index contributed by atoms with van der Waals surface area (Å²) >= 11 is 0. The van der Waals surface area contributed by atoms with Crippen LogP contribution in [0.1, 0.15) is 37.5 Å². The van der Waals surface area contributed by atoms with E-state index in [4.69, 9.17) is 9.72 Å². The summed E-state index contributed by atoms with van der Waals surface area (Å²) in [7, 11) is 1.56. The van der Waals surface area contributed by atoms with Crippen LogP contribution in [0, 0.1) is 11.6 Å². The largest absolute Gasteiger partial charge is 0.367 e. The van der Waals surface area contributed by atoms with Crippen molar-refractivity contribution < 1.29 is 13.5 Å². The molecule has 1 saturated heterocycles. The first-order valence-corrected chi connectivity index (χ1v) is 11.6. The van der Waals surface area contributed by atoms with Crippen molar-refractivity contribution in [1.29, 1.82) is 0 Å². The highest BCUT2D eigenvalue weighted by Gasteiger charge is 2.31. The SMILES string of the molecule is C[C@H]1CN(c2cc3c(=O)n(C)ncc3c(-c3ccc(F)cc3F)n2)C[C@H](c2cnn(C3CC3)c2)O1. The highest BCUT2D eigenvalue weighted by molar-refractivity contribution is 5.95. The second-order valence-corrected chi connectivity index (χ2v) is 9.31. The Hall–Kier alpha value is -3.66. The number of aromatic nitrogens is 5. The first kappa shape index (κ1) is 21.8. The normalized spacial score (nSPS) is 20.5. The molecule has 35 heavy (non-hydrogen) atoms. The lowest BCUT2D eigenvalue weighted by Crippen LogP contribution is -2.43. The van der Waals surface area contributed by atoms with Crippen molar-refractivity contribution >= 4 is 16.6 Å². The molecule has 10 heteroatoms. The van der Waals surface area contributed by atoms with E-state index in [-0.39, 0.29) is 29.0 Å². The number of nitrogens with zero attached hydrogens (tertiary/aromatic N) is 6. The molecule has 2 aliphatic rings. The zero-order valence-corrected chi connectivity index (χ0v) is 19.4. The number of aryl methyl sites for hydroxylation is 1. The average Bonchev–Trinajstić information content (AvgIpc) is 3.57. The molecule has 0 amide bonds. The van der Waals surface area contributed by atoms with Crippen molar-refractivity contribution in [3.8, 4) is 11.3 Å². The van der Waals surface area contributed by atoms with Crippen LogP contribution in [-0.4, -0.2) is 43.7 Å². The molecule has 0 N–H and O–H groups in total. The number of halogens is 2. The topological polar surface area (TPSA) is 78.1 Å². The molecule has 4 aromatic rings. The molecular weight excluding hydrogens is 454 g/mol. The predicted molar refractivity (Wildman–Crippen MR) is 126 cm³/mol. The lowest BCUT2D eigenvalue weighted by atomic mass is 10.0. The summed E-state index contributed by atoms with van der Waals surface area (Å²) in [4.78, 5) is 19.8. The third-order valence-corrected chi connectivity index (χ3v) is 6.61. The van der Waals surface area contributed by atoms with E-state index in [0.717, 1.165) is 24.5 Å². The van der Waals surface area contributed by atoms with Crippen molar-refractivity contribution in [2.75, 3.05) is 18.0 Å². The molecule has 4 heterocycles. The molecule has 1 aromatic carbocycles. The van der Waals surface area contributed by atoms with Crippen LogP contribution in [0.4, 0.5) is 14.6 Å². The smallest absolute Gasteiger partial charge is 0.274 e. The average molecular weight is 479 g/mol. The van der Waals surface area contributed by atoms with E-state index in [1.54, 1.807) is 13.1 Å². The number of rotatable bonds is 4. The van der Waals surface area contributed by atoms with Gasteiger partial charge in [-0.1, -0.05) is 0 Å². The van der Waals surface area contributed by atoms with Crippen LogP contribution in [0.5, 0.6) is 0 Å². The van der Waals surface area contributed by atoms with Crippen LogP contribution in [-0.2, 0) is 11.8 Å². The Morgan fingerprint density at radius 1 is 1.06 bits per heavy atom. The fraction of sp³-hybridized carbons (Fsp3) is 0.360. The zero-order chi connectivity index (χ0) is 24.3. The van der Waals surface area contributed by atoms with Crippen LogP contribution < -0.4 is 10.5 Å². The Morgan fingerprint density at radius 2 is 1.89 bits per heavy atom. The highest BCUT2D eigenvalue weighted by Crippen LogP contribution is 2.36. The molecule has 1 saturated carbocycles. The van der Waals surface area contributed by atoms with Crippen LogP contribution in [0.2, 0.25) is 0 Å². The van der Waals surface area contributed by atoms with E-state index < -0.39 is 11.6 Å². The second kappa shape index (κ2) is 8.23. The summed E-state index contributed by atoms with van der Waals surface area (Å²) in [5, 5.41) is 9.35. The summed E-state index contributed by atoms with van der Waals surface area (Å²) in [6, 6.07) is 5.52. The van der Waals surface area contributed by atoms with E-state index in [0.29, 0.717) is 35.7 Å².